The van der Waals surface area contributed by atoms with Crippen LogP contribution in [-0.4, -0.2) is 13.0 Å². The van der Waals surface area contributed by atoms with E-state index in [9.17, 15) is 9.59 Å². The van der Waals surface area contributed by atoms with Gasteiger partial charge in [0.2, 0.25) is 0 Å². The van der Waals surface area contributed by atoms with Gasteiger partial charge in [0.25, 0.3) is 5.91 Å². The van der Waals surface area contributed by atoms with Crippen LogP contribution in [0.3, 0.4) is 0 Å². The average Bonchev–Trinajstić information content (AvgIpc) is 2.38. The molecule has 18 heavy (non-hydrogen) atoms. The van der Waals surface area contributed by atoms with E-state index in [4.69, 9.17) is 14.9 Å². The van der Waals surface area contributed by atoms with Crippen molar-refractivity contribution in [1.82, 2.24) is 0 Å². The van der Waals surface area contributed by atoms with Crippen LogP contribution >= 0.6 is 0 Å². The number of rotatable bonds is 3. The minimum atomic E-state index is -0.775. The topological polar surface area (TPSA) is 82.5 Å². The molecular formula is C13H11NO4. The predicted molar refractivity (Wildman–Crippen MR) is 65.5 cm³/mol. The van der Waals surface area contributed by atoms with Crippen molar-refractivity contribution in [3.8, 4) is 17.1 Å². The lowest BCUT2D eigenvalue weighted by Gasteiger charge is -2.04. The van der Waals surface area contributed by atoms with E-state index in [0.717, 1.165) is 6.07 Å². The van der Waals surface area contributed by atoms with Crippen LogP contribution in [-0.2, 0) is 0 Å². The zero-order valence-electron chi connectivity index (χ0n) is 9.67. The highest BCUT2D eigenvalue weighted by Gasteiger charge is 2.09. The lowest BCUT2D eigenvalue weighted by Crippen LogP contribution is -2.14. The van der Waals surface area contributed by atoms with Crippen LogP contribution in [0.4, 0.5) is 0 Å². The van der Waals surface area contributed by atoms with E-state index in [1.54, 1.807) is 31.4 Å². The fourth-order valence-electron chi connectivity index (χ4n) is 1.50. The number of hydrogen-bond acceptors (Lipinski definition) is 4. The number of hydrogen-bond donors (Lipinski definition) is 1. The van der Waals surface area contributed by atoms with Crippen molar-refractivity contribution in [3.63, 3.8) is 0 Å². The quantitative estimate of drug-likeness (QED) is 0.886. The first-order chi connectivity index (χ1) is 8.60. The van der Waals surface area contributed by atoms with E-state index in [1.165, 1.54) is 6.07 Å². The normalized spacial score (nSPS) is 10.1. The monoisotopic (exact) mass is 245 g/mol. The van der Waals surface area contributed by atoms with Gasteiger partial charge in [-0.15, -0.1) is 0 Å². The second kappa shape index (κ2) is 4.75. The molecule has 2 rings (SSSR count). The number of ether oxygens (including phenoxy) is 1. The third-order valence-corrected chi connectivity index (χ3v) is 2.38. The molecule has 5 nitrogen and oxygen atoms in total. The van der Waals surface area contributed by atoms with Crippen molar-refractivity contribution < 1.29 is 13.9 Å². The number of carbonyl (C=O) groups excluding carboxylic acids is 1. The van der Waals surface area contributed by atoms with Gasteiger partial charge in [-0.25, -0.2) is 0 Å². The van der Waals surface area contributed by atoms with Crippen LogP contribution in [0.2, 0.25) is 0 Å². The van der Waals surface area contributed by atoms with E-state index in [1.807, 2.05) is 0 Å². The van der Waals surface area contributed by atoms with Crippen LogP contribution in [0.5, 0.6) is 5.75 Å². The largest absolute Gasteiger partial charge is 0.497 e. The number of benzene rings is 1. The van der Waals surface area contributed by atoms with E-state index in [-0.39, 0.29) is 11.2 Å². The van der Waals surface area contributed by atoms with Gasteiger partial charge in [0, 0.05) is 17.7 Å². The highest BCUT2D eigenvalue weighted by Crippen LogP contribution is 2.21. The molecule has 0 spiro atoms. The summed E-state index contributed by atoms with van der Waals surface area (Å²) in [5.74, 6) is 0.0434. The molecule has 0 radical (unpaired) electrons. The Morgan fingerprint density at radius 2 is 1.89 bits per heavy atom. The van der Waals surface area contributed by atoms with Gasteiger partial charge in [0.1, 0.15) is 11.5 Å². The van der Waals surface area contributed by atoms with Crippen molar-refractivity contribution in [1.29, 1.82) is 0 Å². The zero-order chi connectivity index (χ0) is 13.1. The molecule has 1 heterocycles. The number of primary amides is 1. The van der Waals surface area contributed by atoms with Gasteiger partial charge in [-0.1, -0.05) is 0 Å². The lowest BCUT2D eigenvalue weighted by molar-refractivity contribution is 0.0972. The highest BCUT2D eigenvalue weighted by atomic mass is 16.5. The zero-order valence-corrected chi connectivity index (χ0v) is 9.67. The Hall–Kier alpha value is -2.56. The molecule has 0 aliphatic carbocycles. The maximum atomic E-state index is 11.4. The molecule has 0 bridgehead atoms. The second-order valence-corrected chi connectivity index (χ2v) is 3.61. The molecule has 1 amide bonds. The molecule has 5 heteroatoms. The summed E-state index contributed by atoms with van der Waals surface area (Å²) in [6.07, 6.45) is 0. The Labute approximate surface area is 103 Å². The molecule has 0 saturated heterocycles. The number of carbonyl (C=O) groups is 1. The molecule has 0 aliphatic heterocycles. The fraction of sp³-hybridized carbons (Fsp3) is 0.0769. The predicted octanol–water partition coefficient (Wildman–Crippen LogP) is 1.41. The van der Waals surface area contributed by atoms with E-state index >= 15 is 0 Å². The maximum absolute atomic E-state index is 11.4. The molecule has 92 valence electrons. The Kier molecular flexibility index (Phi) is 3.14. The molecule has 0 atom stereocenters. The standard InChI is InChI=1S/C13H11NO4/c1-17-10-4-2-8(3-5-10)11-6-9(15)7-12(18-11)13(14)16/h2-7H,1H3,(H2,14,16). The van der Waals surface area contributed by atoms with Crippen LogP contribution in [0, 0.1) is 0 Å². The molecule has 2 aromatic rings. The summed E-state index contributed by atoms with van der Waals surface area (Å²) in [4.78, 5) is 22.4. The molecule has 1 aromatic heterocycles. The number of nitrogens with two attached hydrogens (primary N) is 1. The molecule has 0 fully saturated rings. The molecule has 1 aromatic carbocycles. The molecule has 0 saturated carbocycles. The lowest BCUT2D eigenvalue weighted by atomic mass is 10.1. The summed E-state index contributed by atoms with van der Waals surface area (Å²) in [7, 11) is 1.56. The average molecular weight is 245 g/mol. The summed E-state index contributed by atoms with van der Waals surface area (Å²) < 4.78 is 10.3. The van der Waals surface area contributed by atoms with Crippen LogP contribution in [0.15, 0.2) is 45.6 Å². The third-order valence-electron chi connectivity index (χ3n) is 2.38. The first kappa shape index (κ1) is 11.9. The minimum Gasteiger partial charge on any atom is -0.497 e. The van der Waals surface area contributed by atoms with Gasteiger partial charge in [-0.05, 0) is 24.3 Å². The van der Waals surface area contributed by atoms with E-state index in [2.05, 4.69) is 0 Å². The third kappa shape index (κ3) is 2.40. The minimum absolute atomic E-state index is 0.159. The van der Waals surface area contributed by atoms with Gasteiger partial charge in [-0.2, -0.15) is 0 Å². The second-order valence-electron chi connectivity index (χ2n) is 3.61. The first-order valence-electron chi connectivity index (χ1n) is 5.19. The molecule has 0 unspecified atom stereocenters. The Morgan fingerprint density at radius 1 is 1.22 bits per heavy atom. The molecular weight excluding hydrogens is 234 g/mol. The van der Waals surface area contributed by atoms with Gasteiger partial charge in [0.05, 0.1) is 7.11 Å². The van der Waals surface area contributed by atoms with Gasteiger partial charge < -0.3 is 14.9 Å². The summed E-state index contributed by atoms with van der Waals surface area (Å²) >= 11 is 0. The maximum Gasteiger partial charge on any atom is 0.284 e. The SMILES string of the molecule is COc1ccc(-c2cc(=O)cc(C(N)=O)o2)cc1. The summed E-state index contributed by atoms with van der Waals surface area (Å²) in [5, 5.41) is 0. The van der Waals surface area contributed by atoms with Crippen LogP contribution < -0.4 is 15.9 Å². The Bertz CT molecular complexity index is 628. The Balaban J connectivity index is 2.49. The number of amides is 1. The molecule has 0 aliphatic rings. The van der Waals surface area contributed by atoms with Crippen molar-refractivity contribution in [2.75, 3.05) is 7.11 Å². The summed E-state index contributed by atoms with van der Waals surface area (Å²) in [6, 6.07) is 9.27. The van der Waals surface area contributed by atoms with Crippen molar-refractivity contribution in [2.24, 2.45) is 5.73 Å². The van der Waals surface area contributed by atoms with Gasteiger partial charge in [-0.3, -0.25) is 9.59 Å². The summed E-state index contributed by atoms with van der Waals surface area (Å²) in [5.41, 5.74) is 5.41. The smallest absolute Gasteiger partial charge is 0.284 e. The Morgan fingerprint density at radius 3 is 2.44 bits per heavy atom. The van der Waals surface area contributed by atoms with Crippen LogP contribution in [0.25, 0.3) is 11.3 Å². The highest BCUT2D eigenvalue weighted by molar-refractivity contribution is 5.90. The van der Waals surface area contributed by atoms with Crippen molar-refractivity contribution >= 4 is 5.91 Å². The van der Waals surface area contributed by atoms with E-state index < -0.39 is 5.91 Å². The van der Waals surface area contributed by atoms with Crippen molar-refractivity contribution in [2.45, 2.75) is 0 Å². The van der Waals surface area contributed by atoms with Crippen LogP contribution in [0.1, 0.15) is 10.6 Å². The van der Waals surface area contributed by atoms with E-state index in [0.29, 0.717) is 17.1 Å². The fourth-order valence-corrected chi connectivity index (χ4v) is 1.50. The van der Waals surface area contributed by atoms with Crippen molar-refractivity contribution in [3.05, 3.63) is 52.4 Å². The first-order valence-corrected chi connectivity index (χ1v) is 5.19. The van der Waals surface area contributed by atoms with Gasteiger partial charge in [0.15, 0.2) is 11.2 Å². The van der Waals surface area contributed by atoms with Gasteiger partial charge >= 0.3 is 0 Å². The number of methoxy groups -OCH3 is 1. The summed E-state index contributed by atoms with van der Waals surface area (Å²) in [6.45, 7) is 0. The molecule has 2 N–H and O–H groups in total.